The van der Waals surface area contributed by atoms with E-state index in [9.17, 15) is 9.18 Å². The molecule has 25 heavy (non-hydrogen) atoms. The largest absolute Gasteiger partial charge is 0.376 e. The van der Waals surface area contributed by atoms with Crippen molar-refractivity contribution in [1.29, 1.82) is 0 Å². The van der Waals surface area contributed by atoms with Crippen LogP contribution in [0.2, 0.25) is 0 Å². The van der Waals surface area contributed by atoms with Crippen molar-refractivity contribution in [3.8, 4) is 0 Å². The van der Waals surface area contributed by atoms with Crippen LogP contribution in [0, 0.1) is 5.82 Å². The molecule has 2 N–H and O–H groups in total. The number of rotatable bonds is 7. The van der Waals surface area contributed by atoms with E-state index in [0.29, 0.717) is 36.7 Å². The van der Waals surface area contributed by atoms with E-state index in [2.05, 4.69) is 20.6 Å². The van der Waals surface area contributed by atoms with E-state index in [0.717, 1.165) is 19.4 Å². The summed E-state index contributed by atoms with van der Waals surface area (Å²) in [5.74, 6) is -0.136. The lowest BCUT2D eigenvalue weighted by Gasteiger charge is -2.11. The fraction of sp³-hybridized carbons (Fsp3) is 0.389. The number of ether oxygens (including phenoxy) is 1. The Morgan fingerprint density at radius 2 is 2.20 bits per heavy atom. The molecule has 1 fully saturated rings. The van der Waals surface area contributed by atoms with Crippen LogP contribution in [0.4, 0.5) is 10.3 Å². The van der Waals surface area contributed by atoms with E-state index in [-0.39, 0.29) is 17.8 Å². The van der Waals surface area contributed by atoms with Gasteiger partial charge in [-0.1, -0.05) is 18.2 Å². The van der Waals surface area contributed by atoms with Gasteiger partial charge in [-0.3, -0.25) is 4.79 Å². The van der Waals surface area contributed by atoms with Crippen molar-refractivity contribution in [3.63, 3.8) is 0 Å². The van der Waals surface area contributed by atoms with E-state index in [1.807, 2.05) is 0 Å². The molecule has 1 saturated heterocycles. The zero-order valence-electron chi connectivity index (χ0n) is 13.9. The van der Waals surface area contributed by atoms with E-state index in [1.54, 1.807) is 24.3 Å². The Bertz CT molecular complexity index is 720. The maximum Gasteiger partial charge on any atom is 0.270 e. The highest BCUT2D eigenvalue weighted by Gasteiger charge is 2.17. The van der Waals surface area contributed by atoms with Crippen LogP contribution in [0.1, 0.15) is 28.9 Å². The van der Waals surface area contributed by atoms with Crippen molar-refractivity contribution in [2.24, 2.45) is 0 Å². The van der Waals surface area contributed by atoms with Crippen molar-refractivity contribution in [3.05, 3.63) is 53.6 Å². The summed E-state index contributed by atoms with van der Waals surface area (Å²) in [7, 11) is 0. The fourth-order valence-electron chi connectivity index (χ4n) is 2.68. The molecule has 1 atom stereocenters. The van der Waals surface area contributed by atoms with Crippen LogP contribution in [0.25, 0.3) is 0 Å². The highest BCUT2D eigenvalue weighted by atomic mass is 19.1. The minimum Gasteiger partial charge on any atom is -0.376 e. The number of halogens is 1. The second-order valence-electron chi connectivity index (χ2n) is 5.88. The molecule has 0 aliphatic carbocycles. The molecule has 1 unspecified atom stereocenters. The van der Waals surface area contributed by atoms with Crippen LogP contribution in [0.3, 0.4) is 0 Å². The molecule has 0 radical (unpaired) electrons. The maximum atomic E-state index is 13.6. The first-order valence-electron chi connectivity index (χ1n) is 8.42. The van der Waals surface area contributed by atoms with Crippen LogP contribution in [-0.4, -0.2) is 41.7 Å². The minimum atomic E-state index is -0.255. The van der Waals surface area contributed by atoms with Gasteiger partial charge in [-0.05, 0) is 37.0 Å². The normalized spacial score (nSPS) is 16.6. The van der Waals surface area contributed by atoms with Gasteiger partial charge in [0.1, 0.15) is 11.5 Å². The lowest BCUT2D eigenvalue weighted by atomic mass is 10.1. The maximum absolute atomic E-state index is 13.6. The topological polar surface area (TPSA) is 76.1 Å². The highest BCUT2D eigenvalue weighted by molar-refractivity contribution is 5.92. The molecule has 7 heteroatoms. The summed E-state index contributed by atoms with van der Waals surface area (Å²) in [6.45, 7) is 1.71. The molecule has 1 aromatic heterocycles. The summed E-state index contributed by atoms with van der Waals surface area (Å²) in [5, 5.41) is 5.85. The molecule has 0 saturated carbocycles. The number of hydrogen-bond acceptors (Lipinski definition) is 5. The number of amides is 1. The van der Waals surface area contributed by atoms with E-state index in [4.69, 9.17) is 4.74 Å². The molecule has 1 aliphatic rings. The number of anilines is 1. The SMILES string of the molecule is O=C(NCC1CCCO1)c1ccnc(NCCc2ccccc2F)n1. The van der Waals surface area contributed by atoms with E-state index < -0.39 is 0 Å². The number of carbonyl (C=O) groups excluding carboxylic acids is 1. The third-order valence-corrected chi connectivity index (χ3v) is 4.04. The smallest absolute Gasteiger partial charge is 0.270 e. The monoisotopic (exact) mass is 344 g/mol. The van der Waals surface area contributed by atoms with Crippen LogP contribution in [-0.2, 0) is 11.2 Å². The van der Waals surface area contributed by atoms with Gasteiger partial charge in [0.15, 0.2) is 0 Å². The number of carbonyl (C=O) groups is 1. The lowest BCUT2D eigenvalue weighted by Crippen LogP contribution is -2.32. The molecular weight excluding hydrogens is 323 g/mol. The van der Waals surface area contributed by atoms with Gasteiger partial charge in [0.2, 0.25) is 5.95 Å². The van der Waals surface area contributed by atoms with Gasteiger partial charge in [0.25, 0.3) is 5.91 Å². The molecular formula is C18H21FN4O2. The van der Waals surface area contributed by atoms with Crippen molar-refractivity contribution in [1.82, 2.24) is 15.3 Å². The Morgan fingerprint density at radius 3 is 3.00 bits per heavy atom. The summed E-state index contributed by atoms with van der Waals surface area (Å²) in [5.41, 5.74) is 0.918. The van der Waals surface area contributed by atoms with Crippen molar-refractivity contribution < 1.29 is 13.9 Å². The third kappa shape index (κ3) is 4.96. The summed E-state index contributed by atoms with van der Waals surface area (Å²) in [4.78, 5) is 20.5. The van der Waals surface area contributed by atoms with Crippen LogP contribution in [0.5, 0.6) is 0 Å². The van der Waals surface area contributed by atoms with Gasteiger partial charge >= 0.3 is 0 Å². The molecule has 1 aromatic carbocycles. The van der Waals surface area contributed by atoms with E-state index in [1.165, 1.54) is 12.3 Å². The Hall–Kier alpha value is -2.54. The quantitative estimate of drug-likeness (QED) is 0.805. The standard InChI is InChI=1S/C18H21FN4O2/c19-15-6-2-1-4-13(15)7-9-20-18-21-10-8-16(23-18)17(24)22-12-14-5-3-11-25-14/h1-2,4,6,8,10,14H,3,5,7,9,11-12H2,(H,22,24)(H,20,21,23). The second kappa shape index (κ2) is 8.53. The molecule has 0 bridgehead atoms. The lowest BCUT2D eigenvalue weighted by molar-refractivity contribution is 0.0853. The first-order chi connectivity index (χ1) is 12.2. The Balaban J connectivity index is 1.50. The Morgan fingerprint density at radius 1 is 1.32 bits per heavy atom. The summed E-state index contributed by atoms with van der Waals surface area (Å²) < 4.78 is 19.1. The fourth-order valence-corrected chi connectivity index (χ4v) is 2.68. The van der Waals surface area contributed by atoms with Crippen molar-refractivity contribution in [2.75, 3.05) is 25.0 Å². The predicted molar refractivity (Wildman–Crippen MR) is 91.9 cm³/mol. The molecule has 2 heterocycles. The molecule has 2 aromatic rings. The highest BCUT2D eigenvalue weighted by Crippen LogP contribution is 2.11. The van der Waals surface area contributed by atoms with Crippen molar-refractivity contribution >= 4 is 11.9 Å². The first-order valence-corrected chi connectivity index (χ1v) is 8.42. The zero-order chi connectivity index (χ0) is 17.5. The van der Waals surface area contributed by atoms with Gasteiger partial charge in [0, 0.05) is 25.9 Å². The summed E-state index contributed by atoms with van der Waals surface area (Å²) in [6, 6.07) is 8.20. The van der Waals surface area contributed by atoms with Crippen LogP contribution < -0.4 is 10.6 Å². The number of nitrogens with zero attached hydrogens (tertiary/aromatic N) is 2. The van der Waals surface area contributed by atoms with E-state index >= 15 is 0 Å². The van der Waals surface area contributed by atoms with Gasteiger partial charge in [-0.25, -0.2) is 14.4 Å². The van der Waals surface area contributed by atoms with Crippen LogP contribution in [0.15, 0.2) is 36.5 Å². The number of hydrogen-bond donors (Lipinski definition) is 2. The van der Waals surface area contributed by atoms with Gasteiger partial charge in [-0.2, -0.15) is 0 Å². The number of nitrogens with one attached hydrogen (secondary N) is 2. The third-order valence-electron chi connectivity index (χ3n) is 4.04. The van der Waals surface area contributed by atoms with Crippen molar-refractivity contribution in [2.45, 2.75) is 25.4 Å². The van der Waals surface area contributed by atoms with Crippen LogP contribution >= 0.6 is 0 Å². The second-order valence-corrected chi connectivity index (χ2v) is 5.88. The first kappa shape index (κ1) is 17.3. The number of benzene rings is 1. The molecule has 3 rings (SSSR count). The Labute approximate surface area is 145 Å². The zero-order valence-corrected chi connectivity index (χ0v) is 13.9. The van der Waals surface area contributed by atoms with Gasteiger partial charge < -0.3 is 15.4 Å². The van der Waals surface area contributed by atoms with Gasteiger partial charge in [0.05, 0.1) is 6.10 Å². The average Bonchev–Trinajstić information content (AvgIpc) is 3.15. The van der Waals surface area contributed by atoms with Gasteiger partial charge in [-0.15, -0.1) is 0 Å². The summed E-state index contributed by atoms with van der Waals surface area (Å²) >= 11 is 0. The summed E-state index contributed by atoms with van der Waals surface area (Å²) in [6.07, 6.45) is 4.12. The molecule has 1 aliphatic heterocycles. The number of aromatic nitrogens is 2. The average molecular weight is 344 g/mol. The predicted octanol–water partition coefficient (Wildman–Crippen LogP) is 2.18. The molecule has 0 spiro atoms. The molecule has 6 nitrogen and oxygen atoms in total. The minimum absolute atomic E-state index is 0.0872. The molecule has 1 amide bonds. The Kier molecular flexibility index (Phi) is 5.90. The molecule has 132 valence electrons.